The quantitative estimate of drug-likeness (QED) is 0.700. The Bertz CT molecular complexity index is 183. The van der Waals surface area contributed by atoms with Gasteiger partial charge in [-0.1, -0.05) is 0 Å². The van der Waals surface area contributed by atoms with Crippen LogP contribution in [0.4, 0.5) is 0 Å². The number of hydrogen-bond donors (Lipinski definition) is 2. The Kier molecular flexibility index (Phi) is 5.45. The number of halogens is 1. The van der Waals surface area contributed by atoms with Crippen molar-refractivity contribution in [1.29, 1.82) is 0 Å². The molecule has 0 saturated carbocycles. The Morgan fingerprint density at radius 3 is 2.21 bits per heavy atom. The number of hydrogen-bond acceptors (Lipinski definition) is 2. The molecule has 0 aromatic carbocycles. The standard InChI is InChI=1S/C10H20N2O.ClH/c1-10(2,3)12-9(13)8-4-6-11-7-5-8;/h8,11H,4-7H2,1-3H3,(H,12,13);1H. The third-order valence-electron chi connectivity index (χ3n) is 2.21. The molecule has 1 aliphatic heterocycles. The van der Waals surface area contributed by atoms with Crippen LogP contribution in [0.2, 0.25) is 0 Å². The molecular weight excluding hydrogens is 200 g/mol. The molecule has 0 aliphatic carbocycles. The smallest absolute Gasteiger partial charge is 0.223 e. The van der Waals surface area contributed by atoms with Crippen LogP contribution in [-0.4, -0.2) is 24.5 Å². The maximum absolute atomic E-state index is 11.7. The minimum atomic E-state index is -0.0953. The zero-order valence-electron chi connectivity index (χ0n) is 9.22. The highest BCUT2D eigenvalue weighted by atomic mass is 35.5. The third kappa shape index (κ3) is 4.82. The average Bonchev–Trinajstić information content (AvgIpc) is 2.03. The lowest BCUT2D eigenvalue weighted by atomic mass is 9.96. The molecule has 0 spiro atoms. The first-order valence-corrected chi connectivity index (χ1v) is 5.02. The molecule has 84 valence electrons. The Labute approximate surface area is 92.4 Å². The number of carbonyl (C=O) groups is 1. The molecule has 2 N–H and O–H groups in total. The Morgan fingerprint density at radius 2 is 1.79 bits per heavy atom. The number of amides is 1. The molecular formula is C10H21ClN2O. The first kappa shape index (κ1) is 13.7. The van der Waals surface area contributed by atoms with Gasteiger partial charge in [0.05, 0.1) is 0 Å². The van der Waals surface area contributed by atoms with Gasteiger partial charge >= 0.3 is 0 Å². The van der Waals surface area contributed by atoms with Gasteiger partial charge in [0.25, 0.3) is 0 Å². The fraction of sp³-hybridized carbons (Fsp3) is 0.900. The van der Waals surface area contributed by atoms with Gasteiger partial charge in [-0.3, -0.25) is 4.79 Å². The van der Waals surface area contributed by atoms with Crippen molar-refractivity contribution in [2.75, 3.05) is 13.1 Å². The first-order valence-electron chi connectivity index (χ1n) is 5.02. The highest BCUT2D eigenvalue weighted by molar-refractivity contribution is 5.85. The fourth-order valence-electron chi connectivity index (χ4n) is 1.56. The molecule has 1 fully saturated rings. The van der Waals surface area contributed by atoms with Crippen LogP contribution < -0.4 is 10.6 Å². The lowest BCUT2D eigenvalue weighted by Crippen LogP contribution is -2.46. The fourth-order valence-corrected chi connectivity index (χ4v) is 1.56. The van der Waals surface area contributed by atoms with Crippen LogP contribution in [0.5, 0.6) is 0 Å². The molecule has 0 bridgehead atoms. The van der Waals surface area contributed by atoms with E-state index < -0.39 is 0 Å². The van der Waals surface area contributed by atoms with Gasteiger partial charge in [-0.25, -0.2) is 0 Å². The maximum atomic E-state index is 11.7. The van der Waals surface area contributed by atoms with E-state index in [1.54, 1.807) is 0 Å². The zero-order chi connectivity index (χ0) is 9.90. The summed E-state index contributed by atoms with van der Waals surface area (Å²) in [5.41, 5.74) is -0.0953. The molecule has 1 rings (SSSR count). The van der Waals surface area contributed by atoms with E-state index in [4.69, 9.17) is 0 Å². The van der Waals surface area contributed by atoms with E-state index in [1.165, 1.54) is 0 Å². The zero-order valence-corrected chi connectivity index (χ0v) is 10.0. The van der Waals surface area contributed by atoms with Crippen LogP contribution in [0.3, 0.4) is 0 Å². The summed E-state index contributed by atoms with van der Waals surface area (Å²) < 4.78 is 0. The van der Waals surface area contributed by atoms with Gasteiger partial charge in [0, 0.05) is 11.5 Å². The third-order valence-corrected chi connectivity index (χ3v) is 2.21. The molecule has 0 aromatic rings. The predicted molar refractivity (Wildman–Crippen MR) is 60.7 cm³/mol. The van der Waals surface area contributed by atoms with Crippen molar-refractivity contribution in [3.8, 4) is 0 Å². The summed E-state index contributed by atoms with van der Waals surface area (Å²) in [5, 5.41) is 6.27. The monoisotopic (exact) mass is 220 g/mol. The Hall–Kier alpha value is -0.280. The first-order chi connectivity index (χ1) is 5.99. The molecule has 0 unspecified atom stereocenters. The average molecular weight is 221 g/mol. The largest absolute Gasteiger partial charge is 0.351 e. The highest BCUT2D eigenvalue weighted by Crippen LogP contribution is 2.13. The molecule has 1 amide bonds. The summed E-state index contributed by atoms with van der Waals surface area (Å²) in [6.45, 7) is 8.01. The van der Waals surface area contributed by atoms with E-state index in [0.717, 1.165) is 25.9 Å². The summed E-state index contributed by atoms with van der Waals surface area (Å²) in [4.78, 5) is 11.7. The molecule has 1 aliphatic rings. The lowest BCUT2D eigenvalue weighted by molar-refractivity contribution is -0.127. The number of rotatable bonds is 1. The topological polar surface area (TPSA) is 41.1 Å². The van der Waals surface area contributed by atoms with Crippen molar-refractivity contribution in [2.24, 2.45) is 5.92 Å². The summed E-state index contributed by atoms with van der Waals surface area (Å²) in [5.74, 6) is 0.439. The second-order valence-electron chi connectivity index (χ2n) is 4.76. The van der Waals surface area contributed by atoms with Crippen molar-refractivity contribution in [1.82, 2.24) is 10.6 Å². The number of nitrogens with one attached hydrogen (secondary N) is 2. The molecule has 14 heavy (non-hydrogen) atoms. The van der Waals surface area contributed by atoms with E-state index in [1.807, 2.05) is 20.8 Å². The van der Waals surface area contributed by atoms with Crippen molar-refractivity contribution < 1.29 is 4.79 Å². The summed E-state index contributed by atoms with van der Waals surface area (Å²) in [6, 6.07) is 0. The molecule has 4 heteroatoms. The van der Waals surface area contributed by atoms with Gasteiger partial charge in [-0.15, -0.1) is 12.4 Å². The van der Waals surface area contributed by atoms with Gasteiger partial charge < -0.3 is 10.6 Å². The van der Waals surface area contributed by atoms with Gasteiger partial charge in [0.15, 0.2) is 0 Å². The molecule has 1 heterocycles. The minimum Gasteiger partial charge on any atom is -0.351 e. The van der Waals surface area contributed by atoms with Crippen LogP contribution >= 0.6 is 12.4 Å². The van der Waals surface area contributed by atoms with Crippen molar-refractivity contribution in [3.63, 3.8) is 0 Å². The summed E-state index contributed by atoms with van der Waals surface area (Å²) in [7, 11) is 0. The van der Waals surface area contributed by atoms with Crippen LogP contribution in [-0.2, 0) is 4.79 Å². The normalized spacial score (nSPS) is 18.5. The highest BCUT2D eigenvalue weighted by Gasteiger charge is 2.23. The van der Waals surface area contributed by atoms with Crippen LogP contribution in [0.1, 0.15) is 33.6 Å². The second-order valence-corrected chi connectivity index (χ2v) is 4.76. The lowest BCUT2D eigenvalue weighted by Gasteiger charge is -2.27. The maximum Gasteiger partial charge on any atom is 0.223 e. The van der Waals surface area contributed by atoms with Crippen LogP contribution in [0.15, 0.2) is 0 Å². The predicted octanol–water partition coefficient (Wildman–Crippen LogP) is 1.32. The van der Waals surface area contributed by atoms with E-state index in [0.29, 0.717) is 0 Å². The SMILES string of the molecule is CC(C)(C)NC(=O)C1CCNCC1.Cl. The second kappa shape index (κ2) is 5.56. The Balaban J connectivity index is 0.00000169. The molecule has 3 nitrogen and oxygen atoms in total. The number of carbonyl (C=O) groups excluding carboxylic acids is 1. The van der Waals surface area contributed by atoms with Gasteiger partial charge in [0.1, 0.15) is 0 Å². The Morgan fingerprint density at radius 1 is 1.29 bits per heavy atom. The van der Waals surface area contributed by atoms with Crippen molar-refractivity contribution in [3.05, 3.63) is 0 Å². The van der Waals surface area contributed by atoms with Gasteiger partial charge in [-0.2, -0.15) is 0 Å². The minimum absolute atomic E-state index is 0. The molecule has 0 radical (unpaired) electrons. The molecule has 0 aromatic heterocycles. The summed E-state index contributed by atoms with van der Waals surface area (Å²) in [6.07, 6.45) is 1.95. The van der Waals surface area contributed by atoms with E-state index >= 15 is 0 Å². The number of piperidine rings is 1. The summed E-state index contributed by atoms with van der Waals surface area (Å²) >= 11 is 0. The van der Waals surface area contributed by atoms with E-state index in [2.05, 4.69) is 10.6 Å². The molecule has 0 atom stereocenters. The molecule has 1 saturated heterocycles. The van der Waals surface area contributed by atoms with Crippen LogP contribution in [0.25, 0.3) is 0 Å². The van der Waals surface area contributed by atoms with E-state index in [-0.39, 0.29) is 29.8 Å². The van der Waals surface area contributed by atoms with Gasteiger partial charge in [0.2, 0.25) is 5.91 Å². The van der Waals surface area contributed by atoms with Crippen molar-refractivity contribution >= 4 is 18.3 Å². The van der Waals surface area contributed by atoms with Crippen LogP contribution in [0, 0.1) is 5.92 Å². The van der Waals surface area contributed by atoms with Crippen molar-refractivity contribution in [2.45, 2.75) is 39.2 Å². The van der Waals surface area contributed by atoms with E-state index in [9.17, 15) is 4.79 Å². The van der Waals surface area contributed by atoms with Gasteiger partial charge in [-0.05, 0) is 46.7 Å².